The molecule has 0 unspecified atom stereocenters. The third kappa shape index (κ3) is 1.81. The monoisotopic (exact) mass is 269 g/mol. The predicted octanol–water partition coefficient (Wildman–Crippen LogP) is 4.15. The van der Waals surface area contributed by atoms with Crippen LogP contribution in [0.25, 0.3) is 10.9 Å². The van der Waals surface area contributed by atoms with Crippen LogP contribution in [0.15, 0.2) is 28.9 Å². The van der Waals surface area contributed by atoms with Crippen molar-refractivity contribution < 1.29 is 4.39 Å². The van der Waals surface area contributed by atoms with Gasteiger partial charge in [0.05, 0.1) is 0 Å². The zero-order valence-electron chi connectivity index (χ0n) is 9.01. The van der Waals surface area contributed by atoms with Gasteiger partial charge in [0.1, 0.15) is 5.67 Å². The van der Waals surface area contributed by atoms with E-state index in [1.165, 1.54) is 0 Å². The van der Waals surface area contributed by atoms with E-state index >= 15 is 0 Å². The van der Waals surface area contributed by atoms with E-state index in [-0.39, 0.29) is 0 Å². The van der Waals surface area contributed by atoms with Crippen LogP contribution >= 0.6 is 15.9 Å². The highest BCUT2D eigenvalue weighted by Crippen LogP contribution is 2.33. The van der Waals surface area contributed by atoms with Gasteiger partial charge in [-0.05, 0) is 32.0 Å². The Balaban J connectivity index is 2.81. The summed E-state index contributed by atoms with van der Waals surface area (Å²) in [5, 5.41) is 0.972. The van der Waals surface area contributed by atoms with E-state index in [1.54, 1.807) is 13.8 Å². The molecule has 0 bridgehead atoms. The van der Waals surface area contributed by atoms with Crippen molar-refractivity contribution in [3.8, 4) is 0 Å². The second kappa shape index (κ2) is 3.34. The molecule has 1 aromatic heterocycles. The number of benzene rings is 1. The van der Waals surface area contributed by atoms with E-state index in [2.05, 4.69) is 15.9 Å². The number of hydrogen-bond acceptors (Lipinski definition) is 0. The van der Waals surface area contributed by atoms with E-state index in [4.69, 9.17) is 0 Å². The summed E-state index contributed by atoms with van der Waals surface area (Å²) in [6.45, 7) is 3.17. The van der Waals surface area contributed by atoms with E-state index < -0.39 is 5.67 Å². The predicted molar refractivity (Wildman–Crippen MR) is 64.8 cm³/mol. The Bertz CT molecular complexity index is 508. The van der Waals surface area contributed by atoms with Crippen molar-refractivity contribution in [2.24, 2.45) is 7.05 Å². The summed E-state index contributed by atoms with van der Waals surface area (Å²) in [5.74, 6) is 0. The molecule has 2 rings (SSSR count). The molecule has 0 saturated carbocycles. The highest BCUT2D eigenvalue weighted by atomic mass is 79.9. The van der Waals surface area contributed by atoms with Gasteiger partial charge in [-0.2, -0.15) is 0 Å². The Morgan fingerprint density at radius 2 is 2.00 bits per heavy atom. The van der Waals surface area contributed by atoms with Gasteiger partial charge in [0.25, 0.3) is 0 Å². The maximum atomic E-state index is 14.0. The first kappa shape index (κ1) is 10.7. The molecule has 15 heavy (non-hydrogen) atoms. The van der Waals surface area contributed by atoms with Gasteiger partial charge in [-0.15, -0.1) is 0 Å². The van der Waals surface area contributed by atoms with E-state index in [0.29, 0.717) is 0 Å². The summed E-state index contributed by atoms with van der Waals surface area (Å²) in [7, 11) is 1.94. The lowest BCUT2D eigenvalue weighted by Gasteiger charge is -2.12. The molecule has 3 heteroatoms. The molecule has 0 atom stereocenters. The number of rotatable bonds is 1. The van der Waals surface area contributed by atoms with Gasteiger partial charge in [-0.25, -0.2) is 4.39 Å². The van der Waals surface area contributed by atoms with Crippen molar-refractivity contribution in [3.05, 3.63) is 34.4 Å². The van der Waals surface area contributed by atoms with Crippen molar-refractivity contribution in [2.75, 3.05) is 0 Å². The van der Waals surface area contributed by atoms with Gasteiger partial charge in [0.15, 0.2) is 0 Å². The number of halogens is 2. The molecule has 0 aliphatic heterocycles. The molecule has 1 heterocycles. The lowest BCUT2D eigenvalue weighted by Crippen LogP contribution is -2.07. The minimum Gasteiger partial charge on any atom is -0.350 e. The SMILES string of the molecule is Cn1cc(C(C)(C)F)c2cc(Br)ccc21. The van der Waals surface area contributed by atoms with E-state index in [1.807, 2.05) is 36.0 Å². The topological polar surface area (TPSA) is 4.93 Å². The fourth-order valence-electron chi connectivity index (χ4n) is 1.84. The van der Waals surface area contributed by atoms with Gasteiger partial charge >= 0.3 is 0 Å². The zero-order chi connectivity index (χ0) is 11.2. The van der Waals surface area contributed by atoms with Crippen LogP contribution in [0.3, 0.4) is 0 Å². The van der Waals surface area contributed by atoms with Crippen molar-refractivity contribution >= 4 is 26.8 Å². The molecule has 0 spiro atoms. The van der Waals surface area contributed by atoms with Crippen molar-refractivity contribution in [1.82, 2.24) is 4.57 Å². The van der Waals surface area contributed by atoms with E-state index in [9.17, 15) is 4.39 Å². The van der Waals surface area contributed by atoms with Gasteiger partial charge in [-0.3, -0.25) is 0 Å². The van der Waals surface area contributed by atoms with Crippen LogP contribution < -0.4 is 0 Å². The van der Waals surface area contributed by atoms with Crippen molar-refractivity contribution in [3.63, 3.8) is 0 Å². The lowest BCUT2D eigenvalue weighted by molar-refractivity contribution is 0.223. The van der Waals surface area contributed by atoms with Gasteiger partial charge < -0.3 is 4.57 Å². The first-order chi connectivity index (χ1) is 6.89. The number of alkyl halides is 1. The van der Waals surface area contributed by atoms with Crippen LogP contribution in [0.1, 0.15) is 19.4 Å². The Morgan fingerprint density at radius 3 is 2.60 bits per heavy atom. The standard InChI is InChI=1S/C12H13BrFN/c1-12(2,14)10-7-15(3)11-5-4-8(13)6-9(10)11/h4-7H,1-3H3. The summed E-state index contributed by atoms with van der Waals surface area (Å²) in [6.07, 6.45) is 1.86. The van der Waals surface area contributed by atoms with Gasteiger partial charge in [-0.1, -0.05) is 15.9 Å². The minimum atomic E-state index is -1.31. The molecule has 0 radical (unpaired) electrons. The fourth-order valence-corrected chi connectivity index (χ4v) is 2.20. The van der Waals surface area contributed by atoms with Crippen LogP contribution in [0.5, 0.6) is 0 Å². The molecule has 0 aliphatic rings. The maximum Gasteiger partial charge on any atom is 0.132 e. The van der Waals surface area contributed by atoms with Crippen LogP contribution in [0.2, 0.25) is 0 Å². The van der Waals surface area contributed by atoms with Crippen LogP contribution in [0.4, 0.5) is 4.39 Å². The number of fused-ring (bicyclic) bond motifs is 1. The molecule has 0 aliphatic carbocycles. The van der Waals surface area contributed by atoms with Crippen molar-refractivity contribution in [1.29, 1.82) is 0 Å². The molecule has 0 fully saturated rings. The summed E-state index contributed by atoms with van der Waals surface area (Å²) < 4.78 is 16.9. The summed E-state index contributed by atoms with van der Waals surface area (Å²) in [4.78, 5) is 0. The van der Waals surface area contributed by atoms with Crippen molar-refractivity contribution in [2.45, 2.75) is 19.5 Å². The molecule has 0 N–H and O–H groups in total. The summed E-state index contributed by atoms with van der Waals surface area (Å²) in [6, 6.07) is 5.93. The minimum absolute atomic E-state index is 0.737. The number of hydrogen-bond donors (Lipinski definition) is 0. The largest absolute Gasteiger partial charge is 0.350 e. The average molecular weight is 270 g/mol. The summed E-state index contributed by atoms with van der Waals surface area (Å²) >= 11 is 3.41. The van der Waals surface area contributed by atoms with E-state index in [0.717, 1.165) is 20.9 Å². The third-order valence-electron chi connectivity index (χ3n) is 2.59. The lowest BCUT2D eigenvalue weighted by atomic mass is 10.00. The molecule has 80 valence electrons. The first-order valence-corrected chi connectivity index (χ1v) is 5.63. The second-order valence-corrected chi connectivity index (χ2v) is 5.20. The smallest absolute Gasteiger partial charge is 0.132 e. The number of nitrogens with zero attached hydrogens (tertiary/aromatic N) is 1. The number of aryl methyl sites for hydroxylation is 1. The summed E-state index contributed by atoms with van der Waals surface area (Å²) in [5.41, 5.74) is 0.487. The Morgan fingerprint density at radius 1 is 1.33 bits per heavy atom. The Kier molecular flexibility index (Phi) is 2.38. The molecule has 0 amide bonds. The highest BCUT2D eigenvalue weighted by Gasteiger charge is 2.23. The van der Waals surface area contributed by atoms with Gasteiger partial charge in [0.2, 0.25) is 0 Å². The molecule has 0 saturated heterocycles. The third-order valence-corrected chi connectivity index (χ3v) is 3.09. The van der Waals surface area contributed by atoms with Crippen LogP contribution in [-0.4, -0.2) is 4.57 Å². The van der Waals surface area contributed by atoms with Gasteiger partial charge in [0, 0.05) is 34.2 Å². The second-order valence-electron chi connectivity index (χ2n) is 4.29. The molecule has 1 nitrogen and oxygen atoms in total. The Hall–Kier alpha value is -0.830. The molecule has 1 aromatic carbocycles. The zero-order valence-corrected chi connectivity index (χ0v) is 10.6. The molecule has 2 aromatic rings. The first-order valence-electron chi connectivity index (χ1n) is 4.83. The maximum absolute atomic E-state index is 14.0. The quantitative estimate of drug-likeness (QED) is 0.733. The molecular formula is C12H13BrFN. The normalized spacial score (nSPS) is 12.3. The molecular weight excluding hydrogens is 257 g/mol. The fraction of sp³-hybridized carbons (Fsp3) is 0.333. The van der Waals surface area contributed by atoms with Crippen LogP contribution in [0, 0.1) is 0 Å². The average Bonchev–Trinajstić information content (AvgIpc) is 2.42. The van der Waals surface area contributed by atoms with Crippen LogP contribution in [-0.2, 0) is 12.7 Å². The Labute approximate surface area is 97.0 Å². The highest BCUT2D eigenvalue weighted by molar-refractivity contribution is 9.10. The number of aromatic nitrogens is 1.